The summed E-state index contributed by atoms with van der Waals surface area (Å²) in [5.74, 6) is -0.471. The Morgan fingerprint density at radius 3 is 2.67 bits per heavy atom. The molecule has 0 fully saturated rings. The highest BCUT2D eigenvalue weighted by molar-refractivity contribution is 6.17. The van der Waals surface area contributed by atoms with Crippen LogP contribution >= 0.6 is 0 Å². The fourth-order valence-electron chi connectivity index (χ4n) is 1.52. The second-order valence-corrected chi connectivity index (χ2v) is 3.43. The van der Waals surface area contributed by atoms with Crippen LogP contribution in [-0.2, 0) is 14.3 Å². The Balaban J connectivity index is 3.24. The SMILES string of the molecule is CO/C=C(/C(=O)OC)c1ccccc1/C=C/CO. The number of hydrogen-bond donors (Lipinski definition) is 1. The minimum atomic E-state index is -0.471. The molecule has 0 amide bonds. The van der Waals surface area contributed by atoms with Crippen LogP contribution in [0.2, 0.25) is 0 Å². The maximum atomic E-state index is 11.7. The van der Waals surface area contributed by atoms with Gasteiger partial charge in [-0.05, 0) is 11.1 Å². The summed E-state index contributed by atoms with van der Waals surface area (Å²) in [5.41, 5.74) is 1.83. The predicted molar refractivity (Wildman–Crippen MR) is 69.6 cm³/mol. The van der Waals surface area contributed by atoms with Crippen molar-refractivity contribution in [1.29, 1.82) is 0 Å². The molecule has 0 spiro atoms. The molecule has 1 N–H and O–H groups in total. The highest BCUT2D eigenvalue weighted by Gasteiger charge is 2.15. The van der Waals surface area contributed by atoms with E-state index in [1.807, 2.05) is 18.2 Å². The van der Waals surface area contributed by atoms with Gasteiger partial charge in [-0.15, -0.1) is 0 Å². The number of methoxy groups -OCH3 is 2. The van der Waals surface area contributed by atoms with E-state index in [2.05, 4.69) is 0 Å². The summed E-state index contributed by atoms with van der Waals surface area (Å²) in [7, 11) is 2.78. The molecule has 0 aliphatic rings. The van der Waals surface area contributed by atoms with Gasteiger partial charge in [0.25, 0.3) is 0 Å². The molecule has 4 heteroatoms. The topological polar surface area (TPSA) is 55.8 Å². The number of esters is 1. The van der Waals surface area contributed by atoms with E-state index in [0.717, 1.165) is 5.56 Å². The minimum absolute atomic E-state index is 0.0596. The first-order chi connectivity index (χ1) is 8.74. The molecule has 18 heavy (non-hydrogen) atoms. The lowest BCUT2D eigenvalue weighted by Crippen LogP contribution is -2.05. The Morgan fingerprint density at radius 1 is 1.33 bits per heavy atom. The van der Waals surface area contributed by atoms with Crippen LogP contribution in [0.5, 0.6) is 0 Å². The quantitative estimate of drug-likeness (QED) is 0.491. The Labute approximate surface area is 106 Å². The summed E-state index contributed by atoms with van der Waals surface area (Å²) < 4.78 is 9.62. The van der Waals surface area contributed by atoms with E-state index in [-0.39, 0.29) is 6.61 Å². The van der Waals surface area contributed by atoms with Crippen molar-refractivity contribution in [3.8, 4) is 0 Å². The molecular weight excluding hydrogens is 232 g/mol. The molecule has 0 aliphatic heterocycles. The molecule has 0 saturated heterocycles. The Morgan fingerprint density at radius 2 is 2.06 bits per heavy atom. The highest BCUT2D eigenvalue weighted by Crippen LogP contribution is 2.21. The van der Waals surface area contributed by atoms with Crippen LogP contribution in [0.25, 0.3) is 11.6 Å². The number of carbonyl (C=O) groups is 1. The van der Waals surface area contributed by atoms with Crippen LogP contribution in [0.1, 0.15) is 11.1 Å². The molecule has 4 nitrogen and oxygen atoms in total. The van der Waals surface area contributed by atoms with Gasteiger partial charge in [0, 0.05) is 0 Å². The summed E-state index contributed by atoms with van der Waals surface area (Å²) in [6.45, 7) is -0.0596. The maximum absolute atomic E-state index is 11.7. The van der Waals surface area contributed by atoms with Crippen molar-refractivity contribution >= 4 is 17.6 Å². The molecule has 0 aromatic heterocycles. The van der Waals surface area contributed by atoms with Crippen LogP contribution in [0.15, 0.2) is 36.6 Å². The van der Waals surface area contributed by atoms with Gasteiger partial charge in [-0.2, -0.15) is 0 Å². The molecule has 96 valence electrons. The van der Waals surface area contributed by atoms with Gasteiger partial charge in [-0.1, -0.05) is 36.4 Å². The van der Waals surface area contributed by atoms with E-state index in [1.54, 1.807) is 18.2 Å². The van der Waals surface area contributed by atoms with Crippen molar-refractivity contribution in [2.75, 3.05) is 20.8 Å². The van der Waals surface area contributed by atoms with Crippen molar-refractivity contribution in [1.82, 2.24) is 0 Å². The van der Waals surface area contributed by atoms with Crippen LogP contribution < -0.4 is 0 Å². The van der Waals surface area contributed by atoms with Crippen LogP contribution in [0, 0.1) is 0 Å². The smallest absolute Gasteiger partial charge is 0.341 e. The Hall–Kier alpha value is -2.07. The molecule has 0 radical (unpaired) electrons. The van der Waals surface area contributed by atoms with Gasteiger partial charge < -0.3 is 14.6 Å². The number of aliphatic hydroxyl groups excluding tert-OH is 1. The molecule has 1 aromatic carbocycles. The first kappa shape index (κ1) is 14.0. The van der Waals surface area contributed by atoms with Crippen molar-refractivity contribution < 1.29 is 19.4 Å². The normalized spacial score (nSPS) is 11.6. The highest BCUT2D eigenvalue weighted by atomic mass is 16.5. The number of ether oxygens (including phenoxy) is 2. The maximum Gasteiger partial charge on any atom is 0.341 e. The van der Waals surface area contributed by atoms with Gasteiger partial charge in [0.05, 0.1) is 27.1 Å². The average molecular weight is 248 g/mol. The van der Waals surface area contributed by atoms with Crippen molar-refractivity contribution in [2.24, 2.45) is 0 Å². The average Bonchev–Trinajstić information content (AvgIpc) is 2.42. The third-order valence-electron chi connectivity index (χ3n) is 2.29. The van der Waals surface area contributed by atoms with E-state index < -0.39 is 5.97 Å². The van der Waals surface area contributed by atoms with E-state index >= 15 is 0 Å². The predicted octanol–water partition coefficient (Wildman–Crippen LogP) is 1.85. The van der Waals surface area contributed by atoms with Crippen LogP contribution in [0.4, 0.5) is 0 Å². The minimum Gasteiger partial charge on any atom is -0.503 e. The van der Waals surface area contributed by atoms with E-state index in [4.69, 9.17) is 14.6 Å². The summed E-state index contributed by atoms with van der Waals surface area (Å²) in [5, 5.41) is 8.80. The van der Waals surface area contributed by atoms with Gasteiger partial charge in [-0.25, -0.2) is 4.79 Å². The van der Waals surface area contributed by atoms with Gasteiger partial charge in [0.2, 0.25) is 0 Å². The summed E-state index contributed by atoms with van der Waals surface area (Å²) in [4.78, 5) is 11.7. The van der Waals surface area contributed by atoms with Gasteiger partial charge >= 0.3 is 5.97 Å². The van der Waals surface area contributed by atoms with E-state index in [0.29, 0.717) is 11.1 Å². The third kappa shape index (κ3) is 3.46. The number of hydrogen-bond acceptors (Lipinski definition) is 4. The van der Waals surface area contributed by atoms with E-state index in [9.17, 15) is 4.79 Å². The lowest BCUT2D eigenvalue weighted by molar-refractivity contribution is -0.133. The van der Waals surface area contributed by atoms with Gasteiger partial charge in [-0.3, -0.25) is 0 Å². The summed E-state index contributed by atoms with van der Waals surface area (Å²) in [6, 6.07) is 7.30. The lowest BCUT2D eigenvalue weighted by Gasteiger charge is -2.08. The van der Waals surface area contributed by atoms with Crippen molar-refractivity contribution in [3.63, 3.8) is 0 Å². The first-order valence-electron chi connectivity index (χ1n) is 5.42. The molecule has 0 heterocycles. The largest absolute Gasteiger partial charge is 0.503 e. The van der Waals surface area contributed by atoms with Crippen molar-refractivity contribution in [2.45, 2.75) is 0 Å². The van der Waals surface area contributed by atoms with Crippen LogP contribution in [0.3, 0.4) is 0 Å². The molecular formula is C14H16O4. The van der Waals surface area contributed by atoms with Crippen LogP contribution in [-0.4, -0.2) is 31.9 Å². The zero-order chi connectivity index (χ0) is 13.4. The molecule has 0 atom stereocenters. The summed E-state index contributed by atoms with van der Waals surface area (Å²) >= 11 is 0. The first-order valence-corrected chi connectivity index (χ1v) is 5.42. The Bertz CT molecular complexity index is 461. The fraction of sp³-hybridized carbons (Fsp3) is 0.214. The lowest BCUT2D eigenvalue weighted by atomic mass is 10.0. The molecule has 0 bridgehead atoms. The monoisotopic (exact) mass is 248 g/mol. The second kappa shape index (κ2) is 7.29. The summed E-state index contributed by atoms with van der Waals surface area (Å²) in [6.07, 6.45) is 4.68. The van der Waals surface area contributed by atoms with Crippen molar-refractivity contribution in [3.05, 3.63) is 47.7 Å². The van der Waals surface area contributed by atoms with Gasteiger partial charge in [0.15, 0.2) is 0 Å². The number of rotatable bonds is 5. The zero-order valence-electron chi connectivity index (χ0n) is 10.4. The standard InChI is InChI=1S/C14H16O4/c1-17-10-13(14(16)18-2)12-8-4-3-6-11(12)7-5-9-15/h3-8,10,15H,9H2,1-2H3/b7-5+,13-10+. The number of carbonyl (C=O) groups excluding carboxylic acids is 1. The zero-order valence-corrected chi connectivity index (χ0v) is 10.4. The fourth-order valence-corrected chi connectivity index (χ4v) is 1.52. The number of aliphatic hydroxyl groups is 1. The molecule has 0 saturated carbocycles. The van der Waals surface area contributed by atoms with E-state index in [1.165, 1.54) is 20.5 Å². The molecule has 0 unspecified atom stereocenters. The molecule has 1 rings (SSSR count). The number of benzene rings is 1. The second-order valence-electron chi connectivity index (χ2n) is 3.43. The third-order valence-corrected chi connectivity index (χ3v) is 2.29. The molecule has 0 aliphatic carbocycles. The van der Waals surface area contributed by atoms with Gasteiger partial charge in [0.1, 0.15) is 5.57 Å². The molecule has 1 aromatic rings. The Kier molecular flexibility index (Phi) is 5.67.